The topological polar surface area (TPSA) is 152 Å². The number of aliphatic carboxylic acids is 1. The van der Waals surface area contributed by atoms with Crippen LogP contribution in [0.3, 0.4) is 0 Å². The summed E-state index contributed by atoms with van der Waals surface area (Å²) in [4.78, 5) is 21.6. The molecule has 1 atom stereocenters. The van der Waals surface area contributed by atoms with Crippen LogP contribution in [0.1, 0.15) is 12.8 Å². The fraction of sp³-hybridized carbons (Fsp3) is 0.625. The molecule has 0 aliphatic heterocycles. The molecule has 0 spiro atoms. The largest absolute Gasteiger partial charge is 0.480 e. The van der Waals surface area contributed by atoms with Crippen LogP contribution in [0, 0.1) is 5.41 Å². The van der Waals surface area contributed by atoms with Crippen LogP contribution < -0.4 is 27.2 Å². The van der Waals surface area contributed by atoms with Gasteiger partial charge in [0.15, 0.2) is 5.96 Å². The molecular formula is C8H18N6O3. The highest BCUT2D eigenvalue weighted by molar-refractivity contribution is 5.76. The van der Waals surface area contributed by atoms with Gasteiger partial charge in [0.2, 0.25) is 0 Å². The highest BCUT2D eigenvalue weighted by atomic mass is 16.4. The second kappa shape index (κ2) is 8.16. The summed E-state index contributed by atoms with van der Waals surface area (Å²) < 4.78 is 0. The molecule has 0 rings (SSSR count). The summed E-state index contributed by atoms with van der Waals surface area (Å²) in [5, 5.41) is 20.6. The fourth-order valence-electron chi connectivity index (χ4n) is 1.00. The number of carbonyl (C=O) groups is 2. The SMILES string of the molecule is CNC(=O)NN[C@@H](CCCNC(=N)N)C(=O)O. The number of carbonyl (C=O) groups excluding carboxylic acids is 1. The number of hydrogen-bond donors (Lipinski definition) is 7. The van der Waals surface area contributed by atoms with Gasteiger partial charge in [0, 0.05) is 13.6 Å². The van der Waals surface area contributed by atoms with Gasteiger partial charge in [-0.05, 0) is 12.8 Å². The lowest BCUT2D eigenvalue weighted by Crippen LogP contribution is -2.51. The molecule has 0 unspecified atom stereocenters. The van der Waals surface area contributed by atoms with E-state index in [0.717, 1.165) is 0 Å². The Morgan fingerprint density at radius 3 is 2.59 bits per heavy atom. The van der Waals surface area contributed by atoms with E-state index >= 15 is 0 Å². The van der Waals surface area contributed by atoms with Gasteiger partial charge in [0.1, 0.15) is 6.04 Å². The highest BCUT2D eigenvalue weighted by Crippen LogP contribution is 1.95. The number of carboxylic acids is 1. The molecule has 0 heterocycles. The van der Waals surface area contributed by atoms with Gasteiger partial charge in [0.25, 0.3) is 0 Å². The predicted molar refractivity (Wildman–Crippen MR) is 61.3 cm³/mol. The second-order valence-electron chi connectivity index (χ2n) is 3.22. The Hall–Kier alpha value is -2.03. The molecule has 0 saturated carbocycles. The third kappa shape index (κ3) is 7.85. The standard InChI is InChI=1S/C8H18N6O3/c1-11-8(17)14-13-5(6(15)16)3-2-4-12-7(9)10/h5,13H,2-4H2,1H3,(H,15,16)(H4,9,10,12)(H2,11,14,17)/t5-/m0/s1. The molecule has 0 aliphatic carbocycles. The van der Waals surface area contributed by atoms with Gasteiger partial charge >= 0.3 is 12.0 Å². The smallest absolute Gasteiger partial charge is 0.328 e. The van der Waals surface area contributed by atoms with Crippen LogP contribution in [-0.2, 0) is 4.79 Å². The van der Waals surface area contributed by atoms with Gasteiger partial charge in [-0.2, -0.15) is 0 Å². The number of urea groups is 1. The molecule has 0 radical (unpaired) electrons. The number of guanidine groups is 1. The molecule has 0 aromatic heterocycles. The minimum Gasteiger partial charge on any atom is -0.480 e. The first-order valence-electron chi connectivity index (χ1n) is 5.01. The van der Waals surface area contributed by atoms with E-state index in [2.05, 4.69) is 21.5 Å². The fourth-order valence-corrected chi connectivity index (χ4v) is 1.00. The Morgan fingerprint density at radius 1 is 1.47 bits per heavy atom. The second-order valence-corrected chi connectivity index (χ2v) is 3.22. The van der Waals surface area contributed by atoms with Crippen molar-refractivity contribution in [2.45, 2.75) is 18.9 Å². The molecule has 0 aromatic rings. The number of hydrazine groups is 1. The molecule has 9 nitrogen and oxygen atoms in total. The first-order valence-corrected chi connectivity index (χ1v) is 5.01. The summed E-state index contributed by atoms with van der Waals surface area (Å²) in [7, 11) is 1.42. The van der Waals surface area contributed by atoms with E-state index in [9.17, 15) is 9.59 Å². The Morgan fingerprint density at radius 2 is 2.12 bits per heavy atom. The van der Waals surface area contributed by atoms with Crippen LogP contribution in [0.2, 0.25) is 0 Å². The number of amides is 2. The summed E-state index contributed by atoms with van der Waals surface area (Å²) >= 11 is 0. The van der Waals surface area contributed by atoms with Crippen molar-refractivity contribution in [3.05, 3.63) is 0 Å². The van der Waals surface area contributed by atoms with Gasteiger partial charge in [0.05, 0.1) is 0 Å². The average Bonchev–Trinajstić information content (AvgIpc) is 2.26. The zero-order valence-electron chi connectivity index (χ0n) is 9.54. The van der Waals surface area contributed by atoms with E-state index in [-0.39, 0.29) is 5.96 Å². The maximum atomic E-state index is 10.8. The van der Waals surface area contributed by atoms with Gasteiger partial charge in [-0.25, -0.2) is 10.2 Å². The summed E-state index contributed by atoms with van der Waals surface area (Å²) in [5.74, 6) is -1.22. The molecule has 17 heavy (non-hydrogen) atoms. The van der Waals surface area contributed by atoms with Crippen LogP contribution in [-0.4, -0.2) is 42.7 Å². The van der Waals surface area contributed by atoms with E-state index in [4.69, 9.17) is 16.2 Å². The molecule has 2 amide bonds. The number of nitrogens with one attached hydrogen (secondary N) is 5. The highest BCUT2D eigenvalue weighted by Gasteiger charge is 2.16. The van der Waals surface area contributed by atoms with Gasteiger partial charge < -0.3 is 21.5 Å². The molecular weight excluding hydrogens is 228 g/mol. The summed E-state index contributed by atoms with van der Waals surface area (Å²) in [6.45, 7) is 0.404. The Bertz CT molecular complexity index is 282. The molecule has 0 fully saturated rings. The van der Waals surface area contributed by atoms with Crippen LogP contribution >= 0.6 is 0 Å². The molecule has 8 N–H and O–H groups in total. The number of carboxylic acid groups (broad SMARTS) is 1. The third-order valence-electron chi connectivity index (χ3n) is 1.87. The number of nitrogens with two attached hydrogens (primary N) is 1. The van der Waals surface area contributed by atoms with Crippen LogP contribution in [0.5, 0.6) is 0 Å². The monoisotopic (exact) mass is 246 g/mol. The van der Waals surface area contributed by atoms with Crippen LogP contribution in [0.15, 0.2) is 0 Å². The van der Waals surface area contributed by atoms with Gasteiger partial charge in [-0.15, -0.1) is 0 Å². The number of hydrogen-bond acceptors (Lipinski definition) is 4. The quantitative estimate of drug-likeness (QED) is 0.121. The van der Waals surface area contributed by atoms with E-state index in [1.807, 2.05) is 0 Å². The maximum absolute atomic E-state index is 10.8. The Labute approximate surface area is 98.6 Å². The lowest BCUT2D eigenvalue weighted by atomic mass is 10.1. The maximum Gasteiger partial charge on any atom is 0.328 e. The van der Waals surface area contributed by atoms with Crippen molar-refractivity contribution < 1.29 is 14.7 Å². The lowest BCUT2D eigenvalue weighted by molar-refractivity contribution is -0.139. The average molecular weight is 246 g/mol. The zero-order chi connectivity index (χ0) is 13.3. The van der Waals surface area contributed by atoms with E-state index in [1.165, 1.54) is 7.05 Å². The third-order valence-corrected chi connectivity index (χ3v) is 1.87. The molecule has 9 heteroatoms. The molecule has 0 bridgehead atoms. The number of rotatable bonds is 7. The van der Waals surface area contributed by atoms with Gasteiger partial charge in [-0.3, -0.25) is 15.6 Å². The van der Waals surface area contributed by atoms with E-state index in [1.54, 1.807) is 0 Å². The lowest BCUT2D eigenvalue weighted by Gasteiger charge is -2.15. The summed E-state index contributed by atoms with van der Waals surface area (Å²) in [6, 6.07) is -1.40. The molecule has 98 valence electrons. The first kappa shape index (κ1) is 15.0. The normalized spacial score (nSPS) is 11.4. The molecule has 0 saturated heterocycles. The minimum atomic E-state index is -1.07. The van der Waals surface area contributed by atoms with Crippen LogP contribution in [0.4, 0.5) is 4.79 Å². The van der Waals surface area contributed by atoms with Crippen molar-refractivity contribution in [1.82, 2.24) is 21.5 Å². The van der Waals surface area contributed by atoms with Crippen molar-refractivity contribution in [3.8, 4) is 0 Å². The Balaban J connectivity index is 3.87. The predicted octanol–water partition coefficient (Wildman–Crippen LogP) is -1.86. The van der Waals surface area contributed by atoms with Crippen molar-refractivity contribution >= 4 is 18.0 Å². The summed E-state index contributed by atoms with van der Waals surface area (Å²) in [5.41, 5.74) is 9.64. The van der Waals surface area contributed by atoms with Gasteiger partial charge in [-0.1, -0.05) is 0 Å². The zero-order valence-corrected chi connectivity index (χ0v) is 9.54. The van der Waals surface area contributed by atoms with E-state index < -0.39 is 18.0 Å². The molecule has 0 aliphatic rings. The van der Waals surface area contributed by atoms with Crippen molar-refractivity contribution in [2.75, 3.05) is 13.6 Å². The van der Waals surface area contributed by atoms with E-state index in [0.29, 0.717) is 19.4 Å². The van der Waals surface area contributed by atoms with Crippen molar-refractivity contribution in [2.24, 2.45) is 5.73 Å². The minimum absolute atomic E-state index is 0.159. The van der Waals surface area contributed by atoms with Crippen molar-refractivity contribution in [3.63, 3.8) is 0 Å². The molecule has 0 aromatic carbocycles. The van der Waals surface area contributed by atoms with Crippen LogP contribution in [0.25, 0.3) is 0 Å². The Kier molecular flexibility index (Phi) is 7.19. The first-order chi connectivity index (χ1) is 7.97. The summed E-state index contributed by atoms with van der Waals surface area (Å²) in [6.07, 6.45) is 0.790. The van der Waals surface area contributed by atoms with Crippen molar-refractivity contribution in [1.29, 1.82) is 5.41 Å².